The van der Waals surface area contributed by atoms with E-state index >= 15 is 0 Å². The number of benzene rings is 1. The lowest BCUT2D eigenvalue weighted by atomic mass is 10.3. The van der Waals surface area contributed by atoms with Crippen LogP contribution in [0.4, 0.5) is 15.9 Å². The van der Waals surface area contributed by atoms with Gasteiger partial charge in [0.05, 0.1) is 12.0 Å². The summed E-state index contributed by atoms with van der Waals surface area (Å²) in [6, 6.07) is 6.38. The van der Waals surface area contributed by atoms with Crippen LogP contribution in [-0.2, 0) is 0 Å². The molecule has 0 atom stereocenters. The predicted octanol–water partition coefficient (Wildman–Crippen LogP) is 3.00. The van der Waals surface area contributed by atoms with Crippen molar-refractivity contribution in [3.05, 3.63) is 41.1 Å². The minimum Gasteiger partial charge on any atom is -0.340 e. The number of anilines is 2. The maximum Gasteiger partial charge on any atom is 0.200 e. The van der Waals surface area contributed by atoms with E-state index < -0.39 is 0 Å². The number of halogens is 2. The van der Waals surface area contributed by atoms with Crippen LogP contribution in [0.25, 0.3) is 11.2 Å². The van der Waals surface area contributed by atoms with Crippen molar-refractivity contribution in [3.63, 3.8) is 0 Å². The zero-order chi connectivity index (χ0) is 12.5. The predicted molar refractivity (Wildman–Crippen MR) is 69.1 cm³/mol. The van der Waals surface area contributed by atoms with Crippen LogP contribution in [0.5, 0.6) is 0 Å². The molecule has 7 heteroatoms. The summed E-state index contributed by atoms with van der Waals surface area (Å²) in [6.45, 7) is 0. The number of hydrogen-bond donors (Lipinski definition) is 2. The zero-order valence-electron chi connectivity index (χ0n) is 8.98. The van der Waals surface area contributed by atoms with Gasteiger partial charge in [-0.15, -0.1) is 0 Å². The van der Waals surface area contributed by atoms with Crippen molar-refractivity contribution < 1.29 is 4.39 Å². The van der Waals surface area contributed by atoms with E-state index in [-0.39, 0.29) is 5.82 Å². The molecule has 0 spiro atoms. The van der Waals surface area contributed by atoms with Crippen LogP contribution >= 0.6 is 15.9 Å². The summed E-state index contributed by atoms with van der Waals surface area (Å²) >= 11 is 3.19. The Morgan fingerprint density at radius 2 is 2.06 bits per heavy atom. The number of rotatable bonds is 2. The van der Waals surface area contributed by atoms with E-state index in [0.717, 1.165) is 0 Å². The highest BCUT2D eigenvalue weighted by molar-refractivity contribution is 9.10. The third kappa shape index (κ3) is 1.92. The standard InChI is InChI=1S/C11H7BrFN5/c12-11-17-9-8(14-5-15-9)10(18-11)16-7-4-2-1-3-6(7)13/h1-5H,(H2,14,15,16,17,18). The molecule has 0 saturated carbocycles. The minimum atomic E-state index is -0.347. The topological polar surface area (TPSA) is 66.5 Å². The molecule has 1 aromatic carbocycles. The van der Waals surface area contributed by atoms with Crippen LogP contribution in [-0.4, -0.2) is 19.9 Å². The maximum absolute atomic E-state index is 13.6. The molecule has 0 bridgehead atoms. The summed E-state index contributed by atoms with van der Waals surface area (Å²) in [6.07, 6.45) is 1.51. The lowest BCUT2D eigenvalue weighted by Crippen LogP contribution is -1.99. The monoisotopic (exact) mass is 307 g/mol. The van der Waals surface area contributed by atoms with Gasteiger partial charge in [-0.3, -0.25) is 0 Å². The van der Waals surface area contributed by atoms with E-state index in [2.05, 4.69) is 41.2 Å². The quantitative estimate of drug-likeness (QED) is 0.714. The van der Waals surface area contributed by atoms with E-state index in [9.17, 15) is 4.39 Å². The van der Waals surface area contributed by atoms with Crippen LogP contribution in [0.2, 0.25) is 0 Å². The highest BCUT2D eigenvalue weighted by atomic mass is 79.9. The van der Waals surface area contributed by atoms with Gasteiger partial charge in [0.15, 0.2) is 11.5 Å². The maximum atomic E-state index is 13.6. The Balaban J connectivity index is 2.10. The Bertz CT molecular complexity index is 711. The van der Waals surface area contributed by atoms with Gasteiger partial charge in [-0.1, -0.05) is 12.1 Å². The van der Waals surface area contributed by atoms with Gasteiger partial charge in [0.1, 0.15) is 11.3 Å². The fourth-order valence-corrected chi connectivity index (χ4v) is 1.93. The summed E-state index contributed by atoms with van der Waals surface area (Å²) in [4.78, 5) is 15.2. The van der Waals surface area contributed by atoms with E-state index in [4.69, 9.17) is 0 Å². The molecule has 0 saturated heterocycles. The summed E-state index contributed by atoms with van der Waals surface area (Å²) in [5.41, 5.74) is 1.48. The van der Waals surface area contributed by atoms with E-state index in [1.54, 1.807) is 18.2 Å². The summed E-state index contributed by atoms with van der Waals surface area (Å²) in [5.74, 6) is 0.120. The number of nitrogens with zero attached hydrogens (tertiary/aromatic N) is 3. The largest absolute Gasteiger partial charge is 0.340 e. The average molecular weight is 308 g/mol. The molecule has 3 rings (SSSR count). The molecule has 5 nitrogen and oxygen atoms in total. The van der Waals surface area contributed by atoms with Crippen molar-refractivity contribution in [3.8, 4) is 0 Å². The van der Waals surface area contributed by atoms with E-state index in [0.29, 0.717) is 27.4 Å². The van der Waals surface area contributed by atoms with Crippen molar-refractivity contribution in [2.45, 2.75) is 0 Å². The fourth-order valence-electron chi connectivity index (χ4n) is 1.59. The summed E-state index contributed by atoms with van der Waals surface area (Å²) in [5, 5.41) is 2.91. The van der Waals surface area contributed by atoms with Crippen molar-refractivity contribution >= 4 is 38.6 Å². The number of H-pyrrole nitrogens is 1. The molecule has 0 amide bonds. The van der Waals surface area contributed by atoms with Gasteiger partial charge in [-0.2, -0.15) is 0 Å². The SMILES string of the molecule is Fc1ccccc1Nc1nc(Br)nc2nc[nH]c12. The molecule has 2 aromatic heterocycles. The molecule has 0 aliphatic carbocycles. The Hall–Kier alpha value is -2.02. The molecule has 0 aliphatic heterocycles. The normalized spacial score (nSPS) is 10.8. The Labute approximate surface area is 110 Å². The van der Waals surface area contributed by atoms with Crippen LogP contribution in [0.15, 0.2) is 35.3 Å². The number of fused-ring (bicyclic) bond motifs is 1. The molecular formula is C11H7BrFN5. The molecular weight excluding hydrogens is 301 g/mol. The second-order valence-electron chi connectivity index (χ2n) is 3.55. The average Bonchev–Trinajstić information content (AvgIpc) is 2.80. The highest BCUT2D eigenvalue weighted by Gasteiger charge is 2.10. The van der Waals surface area contributed by atoms with Gasteiger partial charge < -0.3 is 10.3 Å². The van der Waals surface area contributed by atoms with E-state index in [1.165, 1.54) is 12.4 Å². The smallest absolute Gasteiger partial charge is 0.200 e. The second kappa shape index (κ2) is 4.34. The lowest BCUT2D eigenvalue weighted by molar-refractivity contribution is 0.632. The third-order valence-electron chi connectivity index (χ3n) is 2.39. The van der Waals surface area contributed by atoms with Crippen molar-refractivity contribution in [2.24, 2.45) is 0 Å². The first-order valence-corrected chi connectivity index (χ1v) is 5.91. The first-order chi connectivity index (χ1) is 8.74. The van der Waals surface area contributed by atoms with Crippen LogP contribution in [0, 0.1) is 5.82 Å². The number of imidazole rings is 1. The highest BCUT2D eigenvalue weighted by Crippen LogP contribution is 2.24. The Morgan fingerprint density at radius 1 is 1.22 bits per heavy atom. The lowest BCUT2D eigenvalue weighted by Gasteiger charge is -2.07. The third-order valence-corrected chi connectivity index (χ3v) is 2.74. The molecule has 2 N–H and O–H groups in total. The molecule has 2 heterocycles. The number of para-hydroxylation sites is 1. The van der Waals surface area contributed by atoms with Gasteiger partial charge in [0.2, 0.25) is 4.73 Å². The molecule has 0 radical (unpaired) electrons. The first-order valence-electron chi connectivity index (χ1n) is 5.12. The summed E-state index contributed by atoms with van der Waals surface area (Å²) < 4.78 is 13.9. The number of aromatic amines is 1. The van der Waals surface area contributed by atoms with Gasteiger partial charge in [-0.25, -0.2) is 19.3 Å². The number of hydrogen-bond acceptors (Lipinski definition) is 4. The molecule has 90 valence electrons. The van der Waals surface area contributed by atoms with Crippen LogP contribution in [0.1, 0.15) is 0 Å². The number of nitrogens with one attached hydrogen (secondary N) is 2. The van der Waals surface area contributed by atoms with Gasteiger partial charge in [0, 0.05) is 0 Å². The molecule has 0 fully saturated rings. The Kier molecular flexibility index (Phi) is 2.67. The molecule has 0 unspecified atom stereocenters. The molecule has 3 aromatic rings. The molecule has 18 heavy (non-hydrogen) atoms. The summed E-state index contributed by atoms with van der Waals surface area (Å²) in [7, 11) is 0. The second-order valence-corrected chi connectivity index (χ2v) is 4.26. The van der Waals surface area contributed by atoms with Crippen molar-refractivity contribution in [2.75, 3.05) is 5.32 Å². The molecule has 0 aliphatic rings. The van der Waals surface area contributed by atoms with Crippen LogP contribution < -0.4 is 5.32 Å². The minimum absolute atomic E-state index is 0.346. The van der Waals surface area contributed by atoms with Crippen LogP contribution in [0.3, 0.4) is 0 Å². The van der Waals surface area contributed by atoms with E-state index in [1.807, 2.05) is 0 Å². The van der Waals surface area contributed by atoms with Crippen molar-refractivity contribution in [1.82, 2.24) is 19.9 Å². The fraction of sp³-hybridized carbons (Fsp3) is 0. The Morgan fingerprint density at radius 3 is 2.89 bits per heavy atom. The van der Waals surface area contributed by atoms with Crippen molar-refractivity contribution in [1.29, 1.82) is 0 Å². The van der Waals surface area contributed by atoms with Gasteiger partial charge >= 0.3 is 0 Å². The van der Waals surface area contributed by atoms with Gasteiger partial charge in [-0.05, 0) is 28.1 Å². The van der Waals surface area contributed by atoms with Gasteiger partial charge in [0.25, 0.3) is 0 Å². The number of aromatic nitrogens is 4. The first kappa shape index (κ1) is 11.1. The zero-order valence-corrected chi connectivity index (χ0v) is 10.6.